The van der Waals surface area contributed by atoms with E-state index in [1.807, 2.05) is 30.6 Å². The van der Waals surface area contributed by atoms with Crippen LogP contribution in [0.3, 0.4) is 0 Å². The van der Waals surface area contributed by atoms with Crippen LogP contribution in [0.5, 0.6) is 0 Å². The molecule has 2 fully saturated rings. The molecule has 0 unspecified atom stereocenters. The van der Waals surface area contributed by atoms with Crippen molar-refractivity contribution in [1.82, 2.24) is 25.1 Å². The zero-order valence-corrected chi connectivity index (χ0v) is 17.1. The molecule has 2 aromatic heterocycles. The molecule has 3 aromatic rings. The molecule has 0 aliphatic carbocycles. The molecule has 2 aliphatic heterocycles. The number of benzene rings is 1. The van der Waals surface area contributed by atoms with Gasteiger partial charge in [0.05, 0.1) is 11.9 Å². The molecule has 156 valence electrons. The number of rotatable bonds is 5. The van der Waals surface area contributed by atoms with E-state index in [-0.39, 0.29) is 5.82 Å². The molecule has 4 heterocycles. The summed E-state index contributed by atoms with van der Waals surface area (Å²) in [5.41, 5.74) is 4.32. The molecule has 1 aromatic carbocycles. The minimum atomic E-state index is -0.185. The molecule has 2 saturated heterocycles. The molecule has 2 aliphatic rings. The highest BCUT2D eigenvalue weighted by Gasteiger charge is 2.26. The predicted molar refractivity (Wildman–Crippen MR) is 115 cm³/mol. The SMILES string of the molecule is Fc1ccc(CN2CCC[C@H](c3[nH]ncc3-c3ccnc(N4CCCC4)n3)C2)cc1. The molecule has 1 N–H and O–H groups in total. The van der Waals surface area contributed by atoms with Crippen LogP contribution in [0.25, 0.3) is 11.3 Å². The first-order valence-electron chi connectivity index (χ1n) is 10.8. The van der Waals surface area contributed by atoms with Crippen molar-refractivity contribution in [3.05, 3.63) is 59.8 Å². The fourth-order valence-corrected chi connectivity index (χ4v) is 4.66. The van der Waals surface area contributed by atoms with Crippen molar-refractivity contribution in [1.29, 1.82) is 0 Å². The number of halogens is 1. The van der Waals surface area contributed by atoms with Crippen LogP contribution in [0.2, 0.25) is 0 Å². The second-order valence-corrected chi connectivity index (χ2v) is 8.33. The lowest BCUT2D eigenvalue weighted by atomic mass is 9.91. The Morgan fingerprint density at radius 1 is 1.03 bits per heavy atom. The summed E-state index contributed by atoms with van der Waals surface area (Å²) >= 11 is 0. The zero-order valence-electron chi connectivity index (χ0n) is 17.1. The number of nitrogens with zero attached hydrogens (tertiary/aromatic N) is 5. The van der Waals surface area contributed by atoms with E-state index in [1.165, 1.54) is 25.0 Å². The third-order valence-corrected chi connectivity index (χ3v) is 6.21. The van der Waals surface area contributed by atoms with Crippen LogP contribution < -0.4 is 4.90 Å². The van der Waals surface area contributed by atoms with Crippen molar-refractivity contribution < 1.29 is 4.39 Å². The average molecular weight is 407 g/mol. The number of aromatic nitrogens is 4. The van der Waals surface area contributed by atoms with Crippen molar-refractivity contribution in [2.75, 3.05) is 31.1 Å². The molecule has 0 spiro atoms. The van der Waals surface area contributed by atoms with E-state index in [1.54, 1.807) is 0 Å². The molecule has 30 heavy (non-hydrogen) atoms. The average Bonchev–Trinajstić information content (AvgIpc) is 3.48. The first kappa shape index (κ1) is 19.2. The molecule has 0 bridgehead atoms. The van der Waals surface area contributed by atoms with E-state index in [4.69, 9.17) is 4.98 Å². The highest BCUT2D eigenvalue weighted by atomic mass is 19.1. The van der Waals surface area contributed by atoms with E-state index in [2.05, 4.69) is 25.0 Å². The van der Waals surface area contributed by atoms with E-state index >= 15 is 0 Å². The van der Waals surface area contributed by atoms with E-state index in [9.17, 15) is 4.39 Å². The van der Waals surface area contributed by atoms with Crippen LogP contribution in [0.4, 0.5) is 10.3 Å². The van der Waals surface area contributed by atoms with E-state index in [0.717, 1.165) is 74.0 Å². The van der Waals surface area contributed by atoms with Gasteiger partial charge in [0.2, 0.25) is 5.95 Å². The summed E-state index contributed by atoms with van der Waals surface area (Å²) < 4.78 is 13.2. The normalized spacial score (nSPS) is 20.0. The summed E-state index contributed by atoms with van der Waals surface area (Å²) in [4.78, 5) is 14.0. The van der Waals surface area contributed by atoms with Gasteiger partial charge >= 0.3 is 0 Å². The van der Waals surface area contributed by atoms with Crippen molar-refractivity contribution in [3.63, 3.8) is 0 Å². The van der Waals surface area contributed by atoms with Gasteiger partial charge in [0.1, 0.15) is 5.82 Å². The topological polar surface area (TPSA) is 60.9 Å². The molecule has 7 heteroatoms. The Bertz CT molecular complexity index is 979. The number of hydrogen-bond donors (Lipinski definition) is 1. The monoisotopic (exact) mass is 406 g/mol. The quantitative estimate of drug-likeness (QED) is 0.694. The first-order valence-corrected chi connectivity index (χ1v) is 10.8. The third kappa shape index (κ3) is 4.07. The maximum absolute atomic E-state index is 13.2. The minimum absolute atomic E-state index is 0.185. The zero-order chi connectivity index (χ0) is 20.3. The Morgan fingerprint density at radius 3 is 2.70 bits per heavy atom. The molecule has 6 nitrogen and oxygen atoms in total. The molecular formula is C23H27FN6. The van der Waals surface area contributed by atoms with Crippen molar-refractivity contribution in [2.45, 2.75) is 38.1 Å². The summed E-state index contributed by atoms with van der Waals surface area (Å²) in [6.07, 6.45) is 8.41. The standard InChI is InChI=1S/C23H27FN6/c24-19-7-5-17(6-8-19)15-29-11-3-4-18(16-29)22-20(14-26-28-22)21-9-10-25-23(27-21)30-12-1-2-13-30/h5-10,14,18H,1-4,11-13,15-16H2,(H,26,28)/t18-/m0/s1. The van der Waals surface area contributed by atoms with Gasteiger partial charge in [0, 0.05) is 49.6 Å². The van der Waals surface area contributed by atoms with Crippen molar-refractivity contribution in [3.8, 4) is 11.3 Å². The maximum atomic E-state index is 13.2. The maximum Gasteiger partial charge on any atom is 0.225 e. The Labute approximate surface area is 176 Å². The number of aromatic amines is 1. The predicted octanol–water partition coefficient (Wildman–Crippen LogP) is 3.99. The van der Waals surface area contributed by atoms with Crippen LogP contribution in [0, 0.1) is 5.82 Å². The summed E-state index contributed by atoms with van der Waals surface area (Å²) in [7, 11) is 0. The van der Waals surface area contributed by atoms with Gasteiger partial charge < -0.3 is 4.90 Å². The number of likely N-dealkylation sites (tertiary alicyclic amines) is 1. The van der Waals surface area contributed by atoms with Crippen LogP contribution in [-0.4, -0.2) is 51.2 Å². The number of H-pyrrole nitrogens is 1. The van der Waals surface area contributed by atoms with Gasteiger partial charge in [-0.3, -0.25) is 10.00 Å². The third-order valence-electron chi connectivity index (χ3n) is 6.21. The molecule has 5 rings (SSSR count). The lowest BCUT2D eigenvalue weighted by molar-refractivity contribution is 0.198. The molecule has 0 saturated carbocycles. The summed E-state index contributed by atoms with van der Waals surface area (Å²) in [5, 5.41) is 7.62. The molecule has 0 amide bonds. The van der Waals surface area contributed by atoms with Crippen LogP contribution >= 0.6 is 0 Å². The van der Waals surface area contributed by atoms with Crippen molar-refractivity contribution in [2.24, 2.45) is 0 Å². The van der Waals surface area contributed by atoms with Crippen LogP contribution in [0.1, 0.15) is 42.9 Å². The van der Waals surface area contributed by atoms with Crippen molar-refractivity contribution >= 4 is 5.95 Å². The van der Waals surface area contributed by atoms with E-state index in [0.29, 0.717) is 5.92 Å². The van der Waals surface area contributed by atoms with Gasteiger partial charge in [-0.15, -0.1) is 0 Å². The summed E-state index contributed by atoms with van der Waals surface area (Å²) in [6, 6.07) is 8.81. The van der Waals surface area contributed by atoms with Gasteiger partial charge in [-0.25, -0.2) is 14.4 Å². The number of hydrogen-bond acceptors (Lipinski definition) is 5. The van der Waals surface area contributed by atoms with E-state index < -0.39 is 0 Å². The lowest BCUT2D eigenvalue weighted by Gasteiger charge is -2.32. The summed E-state index contributed by atoms with van der Waals surface area (Å²) in [5.74, 6) is 1.01. The fraction of sp³-hybridized carbons (Fsp3) is 0.435. The first-order chi connectivity index (χ1) is 14.8. The highest BCUT2D eigenvalue weighted by Crippen LogP contribution is 2.33. The largest absolute Gasteiger partial charge is 0.341 e. The smallest absolute Gasteiger partial charge is 0.225 e. The lowest BCUT2D eigenvalue weighted by Crippen LogP contribution is -2.34. The minimum Gasteiger partial charge on any atom is -0.341 e. The number of nitrogens with one attached hydrogen (secondary N) is 1. The highest BCUT2D eigenvalue weighted by molar-refractivity contribution is 5.63. The van der Waals surface area contributed by atoms with Crippen LogP contribution in [0.15, 0.2) is 42.7 Å². The van der Waals surface area contributed by atoms with Gasteiger partial charge in [0.25, 0.3) is 0 Å². The van der Waals surface area contributed by atoms with Crippen LogP contribution in [-0.2, 0) is 6.54 Å². The molecule has 0 radical (unpaired) electrons. The fourth-order valence-electron chi connectivity index (χ4n) is 4.66. The Hall–Kier alpha value is -2.80. The Morgan fingerprint density at radius 2 is 1.87 bits per heavy atom. The number of piperidine rings is 1. The number of anilines is 1. The second kappa shape index (κ2) is 8.52. The van der Waals surface area contributed by atoms with Gasteiger partial charge in [-0.1, -0.05) is 12.1 Å². The Kier molecular flexibility index (Phi) is 5.45. The molecule has 1 atom stereocenters. The van der Waals surface area contributed by atoms with Gasteiger partial charge in [0.15, 0.2) is 0 Å². The second-order valence-electron chi connectivity index (χ2n) is 8.33. The van der Waals surface area contributed by atoms with Gasteiger partial charge in [-0.2, -0.15) is 5.10 Å². The molecular weight excluding hydrogens is 379 g/mol. The summed E-state index contributed by atoms with van der Waals surface area (Å²) in [6.45, 7) is 4.92. The Balaban J connectivity index is 1.34. The van der Waals surface area contributed by atoms with Gasteiger partial charge in [-0.05, 0) is 56.0 Å².